The molecule has 0 saturated carbocycles. The average molecular weight is 526 g/mol. The van der Waals surface area contributed by atoms with Gasteiger partial charge in [-0.1, -0.05) is 11.6 Å². The molecular weight excluding hydrogens is 501 g/mol. The zero-order chi connectivity index (χ0) is 19.5. The van der Waals surface area contributed by atoms with Gasteiger partial charge in [0.05, 0.1) is 17.3 Å². The van der Waals surface area contributed by atoms with E-state index in [0.29, 0.717) is 11.6 Å². The van der Waals surface area contributed by atoms with Crippen LogP contribution in [0.15, 0.2) is 47.8 Å². The van der Waals surface area contributed by atoms with Crippen molar-refractivity contribution >= 4 is 53.0 Å². The molecule has 0 radical (unpaired) electrons. The smallest absolute Gasteiger partial charge is 0.191 e. The summed E-state index contributed by atoms with van der Waals surface area (Å²) in [5.41, 5.74) is 3.13. The molecule has 3 aromatic heterocycles. The fourth-order valence-corrected chi connectivity index (χ4v) is 3.71. The molecule has 0 aliphatic carbocycles. The molecule has 2 N–H and O–H groups in total. The van der Waals surface area contributed by atoms with E-state index in [1.54, 1.807) is 13.2 Å². The highest BCUT2D eigenvalue weighted by Crippen LogP contribution is 2.25. The van der Waals surface area contributed by atoms with E-state index in [9.17, 15) is 0 Å². The summed E-state index contributed by atoms with van der Waals surface area (Å²) in [6.07, 6.45) is 6.85. The summed E-state index contributed by atoms with van der Waals surface area (Å²) in [4.78, 5) is 15.6. The Bertz CT molecular complexity index is 1000. The number of hydrogen-bond donors (Lipinski definition) is 2. The molecule has 1 atom stereocenters. The molecule has 154 valence electrons. The monoisotopic (exact) mass is 525 g/mol. The van der Waals surface area contributed by atoms with E-state index in [0.717, 1.165) is 42.6 Å². The molecule has 4 heterocycles. The molecule has 1 saturated heterocycles. The van der Waals surface area contributed by atoms with Crippen LogP contribution in [-0.4, -0.2) is 46.5 Å². The van der Waals surface area contributed by atoms with Crippen LogP contribution in [0.3, 0.4) is 0 Å². The number of halogens is 2. The zero-order valence-corrected chi connectivity index (χ0v) is 19.6. The Morgan fingerprint density at radius 2 is 2.24 bits per heavy atom. The molecule has 1 aliphatic rings. The fourth-order valence-electron chi connectivity index (χ4n) is 3.46. The summed E-state index contributed by atoms with van der Waals surface area (Å²) in [6.45, 7) is 4.44. The molecule has 1 unspecified atom stereocenters. The molecule has 29 heavy (non-hydrogen) atoms. The maximum absolute atomic E-state index is 6.28. The van der Waals surface area contributed by atoms with Crippen molar-refractivity contribution in [3.8, 4) is 0 Å². The van der Waals surface area contributed by atoms with Crippen molar-refractivity contribution in [2.75, 3.05) is 25.0 Å². The van der Waals surface area contributed by atoms with Gasteiger partial charge in [0.2, 0.25) is 0 Å². The van der Waals surface area contributed by atoms with Gasteiger partial charge >= 0.3 is 0 Å². The summed E-state index contributed by atoms with van der Waals surface area (Å²) < 4.78 is 2.03. The Morgan fingerprint density at radius 1 is 1.38 bits per heavy atom. The number of pyridine rings is 2. The number of nitrogens with zero attached hydrogens (tertiary/aromatic N) is 5. The minimum Gasteiger partial charge on any atom is -0.353 e. The number of nitrogens with one attached hydrogen (secondary N) is 2. The second kappa shape index (κ2) is 9.62. The second-order valence-corrected chi connectivity index (χ2v) is 7.42. The van der Waals surface area contributed by atoms with Gasteiger partial charge in [0, 0.05) is 44.8 Å². The van der Waals surface area contributed by atoms with Gasteiger partial charge in [0.15, 0.2) is 5.96 Å². The third-order valence-corrected chi connectivity index (χ3v) is 5.19. The Morgan fingerprint density at radius 3 is 3.03 bits per heavy atom. The van der Waals surface area contributed by atoms with Gasteiger partial charge in [-0.3, -0.25) is 4.99 Å². The van der Waals surface area contributed by atoms with Crippen LogP contribution in [-0.2, 0) is 6.54 Å². The van der Waals surface area contributed by atoms with Gasteiger partial charge in [-0.15, -0.1) is 24.0 Å². The first-order valence-corrected chi connectivity index (χ1v) is 9.77. The minimum absolute atomic E-state index is 0. The normalized spacial score (nSPS) is 16.7. The second-order valence-electron chi connectivity index (χ2n) is 7.01. The maximum Gasteiger partial charge on any atom is 0.191 e. The summed E-state index contributed by atoms with van der Waals surface area (Å²) in [5.74, 6) is 1.61. The lowest BCUT2D eigenvalue weighted by Crippen LogP contribution is -2.44. The van der Waals surface area contributed by atoms with E-state index in [1.165, 1.54) is 5.56 Å². The first-order valence-electron chi connectivity index (χ1n) is 9.39. The summed E-state index contributed by atoms with van der Waals surface area (Å²) in [6, 6.07) is 8.16. The van der Waals surface area contributed by atoms with Crippen molar-refractivity contribution in [3.63, 3.8) is 0 Å². The highest BCUT2D eigenvalue weighted by molar-refractivity contribution is 14.0. The highest BCUT2D eigenvalue weighted by atomic mass is 127. The SMILES string of the molecule is CN=C(NCc1cn2ccc(C)cc2n1)NC1CCN(c2ncccc2Cl)C1.I. The Hall–Kier alpha value is -2.07. The molecule has 7 nitrogen and oxygen atoms in total. The predicted molar refractivity (Wildman–Crippen MR) is 129 cm³/mol. The van der Waals surface area contributed by atoms with Crippen molar-refractivity contribution in [2.24, 2.45) is 4.99 Å². The molecule has 9 heteroatoms. The van der Waals surface area contributed by atoms with Crippen LogP contribution in [0.1, 0.15) is 17.7 Å². The van der Waals surface area contributed by atoms with Gasteiger partial charge in [-0.2, -0.15) is 0 Å². The molecule has 0 amide bonds. The number of aromatic nitrogens is 3. The van der Waals surface area contributed by atoms with Crippen LogP contribution in [0, 0.1) is 6.92 Å². The molecule has 0 aromatic carbocycles. The van der Waals surface area contributed by atoms with Crippen molar-refractivity contribution in [2.45, 2.75) is 25.9 Å². The molecule has 1 aliphatic heterocycles. The Kier molecular flexibility index (Phi) is 7.18. The van der Waals surface area contributed by atoms with Crippen molar-refractivity contribution in [3.05, 3.63) is 59.1 Å². The van der Waals surface area contributed by atoms with E-state index in [2.05, 4.69) is 49.6 Å². The van der Waals surface area contributed by atoms with Crippen molar-refractivity contribution in [1.29, 1.82) is 0 Å². The summed E-state index contributed by atoms with van der Waals surface area (Å²) in [5, 5.41) is 7.53. The standard InChI is InChI=1S/C20H24ClN7.HI/c1-14-5-8-27-13-16(25-18(27)10-14)11-24-20(22-2)26-15-6-9-28(12-15)19-17(21)4-3-7-23-19;/h3-5,7-8,10,13,15H,6,9,11-12H2,1-2H3,(H2,22,24,26);1H. The predicted octanol–water partition coefficient (Wildman–Crippen LogP) is 3.25. The van der Waals surface area contributed by atoms with Gasteiger partial charge in [0.1, 0.15) is 11.5 Å². The summed E-state index contributed by atoms with van der Waals surface area (Å²) >= 11 is 6.28. The number of guanidine groups is 1. The van der Waals surface area contributed by atoms with E-state index in [-0.39, 0.29) is 30.0 Å². The van der Waals surface area contributed by atoms with Crippen LogP contribution >= 0.6 is 35.6 Å². The first-order chi connectivity index (χ1) is 13.6. The average Bonchev–Trinajstić information content (AvgIpc) is 3.31. The molecule has 1 fully saturated rings. The van der Waals surface area contributed by atoms with Gasteiger partial charge in [-0.25, -0.2) is 9.97 Å². The number of aryl methyl sites for hydroxylation is 1. The highest BCUT2D eigenvalue weighted by Gasteiger charge is 2.25. The van der Waals surface area contributed by atoms with Crippen molar-refractivity contribution < 1.29 is 0 Å². The molecular formula is C20H25ClIN7. The zero-order valence-electron chi connectivity index (χ0n) is 16.5. The van der Waals surface area contributed by atoms with Crippen LogP contribution in [0.25, 0.3) is 5.65 Å². The van der Waals surface area contributed by atoms with E-state index >= 15 is 0 Å². The number of anilines is 1. The Labute approximate surface area is 192 Å². The topological polar surface area (TPSA) is 69.8 Å². The number of hydrogen-bond acceptors (Lipinski definition) is 4. The molecule has 0 bridgehead atoms. The first kappa shape index (κ1) is 21.6. The third-order valence-electron chi connectivity index (χ3n) is 4.89. The largest absolute Gasteiger partial charge is 0.353 e. The van der Waals surface area contributed by atoms with Crippen LogP contribution < -0.4 is 15.5 Å². The molecule has 3 aromatic rings. The van der Waals surface area contributed by atoms with Gasteiger partial charge < -0.3 is 19.9 Å². The van der Waals surface area contributed by atoms with E-state index < -0.39 is 0 Å². The molecule has 0 spiro atoms. The van der Waals surface area contributed by atoms with Crippen LogP contribution in [0.4, 0.5) is 5.82 Å². The third kappa shape index (κ3) is 5.11. The minimum atomic E-state index is 0. The lowest BCUT2D eigenvalue weighted by atomic mass is 10.3. The van der Waals surface area contributed by atoms with Crippen LogP contribution in [0.2, 0.25) is 5.02 Å². The summed E-state index contributed by atoms with van der Waals surface area (Å²) in [7, 11) is 1.78. The number of aliphatic imine (C=N–C) groups is 1. The quantitative estimate of drug-likeness (QED) is 0.311. The lowest BCUT2D eigenvalue weighted by Gasteiger charge is -2.20. The molecule has 4 rings (SSSR count). The lowest BCUT2D eigenvalue weighted by molar-refractivity contribution is 0.647. The fraction of sp³-hybridized carbons (Fsp3) is 0.350. The van der Waals surface area contributed by atoms with E-state index in [1.807, 2.05) is 28.9 Å². The van der Waals surface area contributed by atoms with Crippen LogP contribution in [0.5, 0.6) is 0 Å². The number of imidazole rings is 1. The number of rotatable bonds is 4. The Balaban J connectivity index is 0.00000240. The van der Waals surface area contributed by atoms with Crippen molar-refractivity contribution in [1.82, 2.24) is 25.0 Å². The number of fused-ring (bicyclic) bond motifs is 1. The van der Waals surface area contributed by atoms with Gasteiger partial charge in [0.25, 0.3) is 0 Å². The van der Waals surface area contributed by atoms with E-state index in [4.69, 9.17) is 11.6 Å². The maximum atomic E-state index is 6.28. The van der Waals surface area contributed by atoms with Gasteiger partial charge in [-0.05, 0) is 43.2 Å².